The second kappa shape index (κ2) is 7.16. The van der Waals surface area contributed by atoms with E-state index in [9.17, 15) is 9.18 Å². The Bertz CT molecular complexity index is 475. The summed E-state index contributed by atoms with van der Waals surface area (Å²) in [7, 11) is 0. The summed E-state index contributed by atoms with van der Waals surface area (Å²) in [5, 5.41) is 3.28. The molecule has 1 aromatic rings. The largest absolute Gasteiger partial charge is 0.376 e. The number of ether oxygens (including phenoxy) is 1. The van der Waals surface area contributed by atoms with Crippen molar-refractivity contribution in [3.05, 3.63) is 35.6 Å². The van der Waals surface area contributed by atoms with E-state index in [0.29, 0.717) is 17.2 Å². The second-order valence-electron chi connectivity index (χ2n) is 4.43. The number of halogens is 1. The summed E-state index contributed by atoms with van der Waals surface area (Å²) in [6.45, 7) is 1.39. The van der Waals surface area contributed by atoms with E-state index < -0.39 is 0 Å². The molecule has 20 heavy (non-hydrogen) atoms. The summed E-state index contributed by atoms with van der Waals surface area (Å²) < 4.78 is 18.2. The van der Waals surface area contributed by atoms with Gasteiger partial charge in [-0.15, -0.1) is 0 Å². The van der Waals surface area contributed by atoms with Crippen molar-refractivity contribution < 1.29 is 13.9 Å². The molecule has 1 atom stereocenters. The molecule has 0 unspecified atom stereocenters. The summed E-state index contributed by atoms with van der Waals surface area (Å²) >= 11 is 5.03. The van der Waals surface area contributed by atoms with Gasteiger partial charge in [0.25, 0.3) is 5.91 Å². The van der Waals surface area contributed by atoms with E-state index in [4.69, 9.17) is 17.0 Å². The average Bonchev–Trinajstić information content (AvgIpc) is 2.96. The number of hydrogen-bond acceptors (Lipinski definition) is 3. The van der Waals surface area contributed by atoms with Crippen molar-refractivity contribution in [2.45, 2.75) is 18.9 Å². The second-order valence-corrected chi connectivity index (χ2v) is 4.84. The van der Waals surface area contributed by atoms with Crippen LogP contribution in [0.4, 0.5) is 4.39 Å². The first-order chi connectivity index (χ1) is 9.65. The lowest BCUT2D eigenvalue weighted by molar-refractivity contribution is 0.0943. The third-order valence-corrected chi connectivity index (χ3v) is 3.16. The van der Waals surface area contributed by atoms with E-state index in [1.54, 1.807) is 0 Å². The monoisotopic (exact) mass is 297 g/mol. The number of hydrazine groups is 1. The molecule has 0 radical (unpaired) electrons. The molecule has 5 nitrogen and oxygen atoms in total. The molecule has 0 spiro atoms. The fourth-order valence-electron chi connectivity index (χ4n) is 1.84. The van der Waals surface area contributed by atoms with Gasteiger partial charge in [-0.1, -0.05) is 0 Å². The minimum atomic E-state index is -0.386. The van der Waals surface area contributed by atoms with Crippen LogP contribution < -0.4 is 16.2 Å². The Hall–Kier alpha value is -1.73. The van der Waals surface area contributed by atoms with Crippen LogP contribution in [0.25, 0.3) is 0 Å². The van der Waals surface area contributed by atoms with Gasteiger partial charge >= 0.3 is 0 Å². The molecule has 1 amide bonds. The molecule has 0 bridgehead atoms. The Morgan fingerprint density at radius 2 is 2.10 bits per heavy atom. The highest BCUT2D eigenvalue weighted by Crippen LogP contribution is 2.10. The Labute approximate surface area is 121 Å². The lowest BCUT2D eigenvalue weighted by atomic mass is 10.2. The van der Waals surface area contributed by atoms with Crippen LogP contribution in [-0.4, -0.2) is 30.3 Å². The van der Waals surface area contributed by atoms with Crippen molar-refractivity contribution >= 4 is 23.2 Å². The van der Waals surface area contributed by atoms with Crippen LogP contribution in [-0.2, 0) is 4.74 Å². The molecule has 1 fully saturated rings. The van der Waals surface area contributed by atoms with Gasteiger partial charge in [-0.25, -0.2) is 4.39 Å². The fraction of sp³-hybridized carbons (Fsp3) is 0.385. The molecule has 1 aromatic carbocycles. The quantitative estimate of drug-likeness (QED) is 0.576. The zero-order valence-corrected chi connectivity index (χ0v) is 11.6. The van der Waals surface area contributed by atoms with E-state index >= 15 is 0 Å². The van der Waals surface area contributed by atoms with E-state index in [0.717, 1.165) is 19.4 Å². The van der Waals surface area contributed by atoms with Crippen LogP contribution >= 0.6 is 12.2 Å². The van der Waals surface area contributed by atoms with Crippen molar-refractivity contribution in [1.29, 1.82) is 0 Å². The van der Waals surface area contributed by atoms with Gasteiger partial charge in [0.1, 0.15) is 5.82 Å². The standard InChI is InChI=1S/C13H16FN3O2S/c14-10-5-3-9(4-6-10)12(18)16-17-13(20)15-8-11-2-1-7-19-11/h3-6,11H,1-2,7-8H2,(H,16,18)(H2,15,17,20)/t11-/m0/s1. The molecule has 1 heterocycles. The number of rotatable bonds is 3. The maximum atomic E-state index is 12.7. The highest BCUT2D eigenvalue weighted by molar-refractivity contribution is 7.80. The lowest BCUT2D eigenvalue weighted by Gasteiger charge is -2.14. The van der Waals surface area contributed by atoms with Crippen LogP contribution in [0.5, 0.6) is 0 Å². The van der Waals surface area contributed by atoms with Gasteiger partial charge in [0, 0.05) is 18.7 Å². The van der Waals surface area contributed by atoms with E-state index in [2.05, 4.69) is 16.2 Å². The first-order valence-electron chi connectivity index (χ1n) is 6.36. The lowest BCUT2D eigenvalue weighted by Crippen LogP contribution is -2.48. The minimum absolute atomic E-state index is 0.169. The normalized spacial score (nSPS) is 17.6. The van der Waals surface area contributed by atoms with Gasteiger partial charge in [-0.2, -0.15) is 0 Å². The molecule has 0 aromatic heterocycles. The van der Waals surface area contributed by atoms with E-state index in [1.807, 2.05) is 0 Å². The van der Waals surface area contributed by atoms with Gasteiger partial charge in [-0.05, 0) is 49.3 Å². The Morgan fingerprint density at radius 3 is 2.75 bits per heavy atom. The summed E-state index contributed by atoms with van der Waals surface area (Å²) in [5.41, 5.74) is 5.38. The Balaban J connectivity index is 1.69. The third kappa shape index (κ3) is 4.43. The van der Waals surface area contributed by atoms with Gasteiger partial charge in [0.15, 0.2) is 5.11 Å². The van der Waals surface area contributed by atoms with Crippen molar-refractivity contribution in [1.82, 2.24) is 16.2 Å². The smallest absolute Gasteiger partial charge is 0.269 e. The molecule has 1 aliphatic heterocycles. The van der Waals surface area contributed by atoms with Gasteiger partial charge < -0.3 is 10.1 Å². The Kier molecular flexibility index (Phi) is 5.25. The van der Waals surface area contributed by atoms with Crippen molar-refractivity contribution in [2.75, 3.05) is 13.2 Å². The first kappa shape index (κ1) is 14.7. The highest BCUT2D eigenvalue weighted by atomic mass is 32.1. The summed E-state index contributed by atoms with van der Waals surface area (Å²) in [6.07, 6.45) is 2.24. The maximum absolute atomic E-state index is 12.7. The van der Waals surface area contributed by atoms with Crippen molar-refractivity contribution in [3.8, 4) is 0 Å². The van der Waals surface area contributed by atoms with Gasteiger partial charge in [-0.3, -0.25) is 15.6 Å². The number of hydrogen-bond donors (Lipinski definition) is 3. The van der Waals surface area contributed by atoms with Crippen molar-refractivity contribution in [3.63, 3.8) is 0 Å². The number of thiocarbonyl (C=S) groups is 1. The SMILES string of the molecule is O=C(NNC(=S)NC[C@@H]1CCCO1)c1ccc(F)cc1. The molecule has 7 heteroatoms. The predicted octanol–water partition coefficient (Wildman–Crippen LogP) is 1.11. The number of amides is 1. The molecule has 2 rings (SSSR count). The van der Waals surface area contributed by atoms with E-state index in [1.165, 1.54) is 24.3 Å². The number of benzene rings is 1. The predicted molar refractivity (Wildman–Crippen MR) is 76.6 cm³/mol. The number of carbonyl (C=O) groups excluding carboxylic acids is 1. The molecule has 108 valence electrons. The zero-order chi connectivity index (χ0) is 14.4. The minimum Gasteiger partial charge on any atom is -0.376 e. The topological polar surface area (TPSA) is 62.4 Å². The molecular formula is C13H16FN3O2S. The molecular weight excluding hydrogens is 281 g/mol. The van der Waals surface area contributed by atoms with Crippen LogP contribution in [0, 0.1) is 5.82 Å². The summed E-state index contributed by atoms with van der Waals surface area (Å²) in [6, 6.07) is 5.25. The zero-order valence-electron chi connectivity index (χ0n) is 10.8. The molecule has 0 aliphatic carbocycles. The first-order valence-corrected chi connectivity index (χ1v) is 6.77. The molecule has 1 saturated heterocycles. The molecule has 0 saturated carbocycles. The summed E-state index contributed by atoms with van der Waals surface area (Å²) in [4.78, 5) is 11.7. The number of nitrogens with one attached hydrogen (secondary N) is 3. The number of carbonyl (C=O) groups is 1. The maximum Gasteiger partial charge on any atom is 0.269 e. The third-order valence-electron chi connectivity index (χ3n) is 2.91. The summed E-state index contributed by atoms with van der Waals surface area (Å²) in [5.74, 6) is -0.769. The van der Waals surface area contributed by atoms with Gasteiger partial charge in [0.05, 0.1) is 6.10 Å². The van der Waals surface area contributed by atoms with Gasteiger partial charge in [0.2, 0.25) is 0 Å². The van der Waals surface area contributed by atoms with E-state index in [-0.39, 0.29) is 17.8 Å². The van der Waals surface area contributed by atoms with Crippen LogP contribution in [0.15, 0.2) is 24.3 Å². The van der Waals surface area contributed by atoms with Crippen LogP contribution in [0.1, 0.15) is 23.2 Å². The molecule has 3 N–H and O–H groups in total. The van der Waals surface area contributed by atoms with Crippen LogP contribution in [0.2, 0.25) is 0 Å². The Morgan fingerprint density at radius 1 is 1.35 bits per heavy atom. The van der Waals surface area contributed by atoms with Crippen molar-refractivity contribution in [2.24, 2.45) is 0 Å². The van der Waals surface area contributed by atoms with Crippen LogP contribution in [0.3, 0.4) is 0 Å². The highest BCUT2D eigenvalue weighted by Gasteiger charge is 2.15. The fourth-order valence-corrected chi connectivity index (χ4v) is 1.98. The average molecular weight is 297 g/mol. The molecule has 1 aliphatic rings.